The van der Waals surface area contributed by atoms with Crippen molar-refractivity contribution < 1.29 is 14.4 Å². The predicted molar refractivity (Wildman–Crippen MR) is 323 cm³/mol. The van der Waals surface area contributed by atoms with E-state index >= 15 is 0 Å². The molecular formula is C63H75N13O3. The average molecular weight is 1060 g/mol. The van der Waals surface area contributed by atoms with Crippen LogP contribution in [0.2, 0.25) is 0 Å². The molecule has 16 heteroatoms. The van der Waals surface area contributed by atoms with Crippen molar-refractivity contribution in [3.05, 3.63) is 215 Å². The highest BCUT2D eigenvalue weighted by atomic mass is 16.2. The van der Waals surface area contributed by atoms with E-state index in [0.29, 0.717) is 114 Å². The van der Waals surface area contributed by atoms with E-state index in [1.54, 1.807) is 14.7 Å². The second-order valence-corrected chi connectivity index (χ2v) is 17.8. The molecule has 16 nitrogen and oxygen atoms in total. The summed E-state index contributed by atoms with van der Waals surface area (Å²) in [6.07, 6.45) is 0. The largest absolute Gasteiger partial charge is 0.325 e. The van der Waals surface area contributed by atoms with E-state index in [9.17, 15) is 14.4 Å². The monoisotopic (exact) mass is 1060 g/mol. The van der Waals surface area contributed by atoms with E-state index in [1.807, 2.05) is 224 Å². The predicted octanol–water partition coefficient (Wildman–Crippen LogP) is 10.1. The average Bonchev–Trinajstić information content (AvgIpc) is 3.51. The van der Waals surface area contributed by atoms with E-state index in [2.05, 4.69) is 20.9 Å². The molecular weight excluding hydrogens is 987 g/mol. The maximum absolute atomic E-state index is 13.6. The first kappa shape index (κ1) is 59.4. The van der Waals surface area contributed by atoms with Gasteiger partial charge < -0.3 is 14.7 Å². The summed E-state index contributed by atoms with van der Waals surface area (Å²) in [7, 11) is 0. The molecule has 6 rings (SSSR count). The van der Waals surface area contributed by atoms with Crippen molar-refractivity contribution >= 4 is 53.1 Å². The fourth-order valence-electron chi connectivity index (χ4n) is 8.24. The van der Waals surface area contributed by atoms with Crippen LogP contribution in [0.25, 0.3) is 0 Å². The minimum atomic E-state index is -0.255. The fraction of sp³-hybridized carbons (Fsp3) is 0.286. The summed E-state index contributed by atoms with van der Waals surface area (Å²) >= 11 is 0. The lowest BCUT2D eigenvalue weighted by molar-refractivity contribution is 0.207. The maximum Gasteiger partial charge on any atom is 0.323 e. The first-order chi connectivity index (χ1) is 38.7. The third-order valence-corrected chi connectivity index (χ3v) is 12.8. The van der Waals surface area contributed by atoms with Gasteiger partial charge in [0.1, 0.15) is 17.5 Å². The molecule has 410 valence electrons. The van der Waals surface area contributed by atoms with Gasteiger partial charge in [-0.15, -0.1) is 0 Å². The van der Waals surface area contributed by atoms with Crippen LogP contribution in [0.4, 0.5) is 14.4 Å². The van der Waals surface area contributed by atoms with Crippen molar-refractivity contribution in [1.82, 2.24) is 35.6 Å². The number of hydrogen-bond acceptors (Lipinski definition) is 7. The molecule has 0 saturated heterocycles. The van der Waals surface area contributed by atoms with E-state index in [-0.39, 0.29) is 18.1 Å². The first-order valence-electron chi connectivity index (χ1n) is 27.3. The standard InChI is InChI=1S/C63H75N13O3/c1-7-74(8-2)61(77)70-58(52-37-25-16-26-38-52)67-55(49-31-19-13-20-32-49)64-43-46-73(47-44-65-56(50-33-21-14-22-34-50)68-59(53-39-27-17-28-40-53)71-62(78)75(9-3)10-4)48-45-66-57(51-35-23-15-24-36-51)69-60(54-41-29-18-30-42-54)72-63(79)76(11-5)12-6/h13-42H,7-12,43-48H2,1-6H3,(H,64,67,70,77)(H,65,68,71,78)(H,66,69,72,79). The highest BCUT2D eigenvalue weighted by molar-refractivity contribution is 6.17. The summed E-state index contributed by atoms with van der Waals surface area (Å²) in [4.78, 5) is 78.7. The Morgan fingerprint density at radius 1 is 0.316 bits per heavy atom. The molecule has 0 spiro atoms. The molecule has 79 heavy (non-hydrogen) atoms. The molecule has 0 aromatic heterocycles. The van der Waals surface area contributed by atoms with E-state index in [0.717, 1.165) is 33.4 Å². The number of benzene rings is 6. The quantitative estimate of drug-likeness (QED) is 0.0481. The van der Waals surface area contributed by atoms with Crippen LogP contribution in [0.5, 0.6) is 0 Å². The van der Waals surface area contributed by atoms with Crippen LogP contribution in [0.1, 0.15) is 74.9 Å². The third kappa shape index (κ3) is 18.7. The molecule has 6 amide bonds. The summed E-state index contributed by atoms with van der Waals surface area (Å²) in [6, 6.07) is 57.2. The van der Waals surface area contributed by atoms with Crippen LogP contribution in [-0.4, -0.2) is 151 Å². The molecule has 0 atom stereocenters. The van der Waals surface area contributed by atoms with Crippen molar-refractivity contribution in [2.45, 2.75) is 41.5 Å². The Kier molecular flexibility index (Phi) is 24.5. The van der Waals surface area contributed by atoms with Crippen LogP contribution in [0, 0.1) is 0 Å². The van der Waals surface area contributed by atoms with Crippen LogP contribution >= 0.6 is 0 Å². The summed E-state index contributed by atoms with van der Waals surface area (Å²) in [6.45, 7) is 17.3. The Morgan fingerprint density at radius 2 is 0.519 bits per heavy atom. The summed E-state index contributed by atoms with van der Waals surface area (Å²) in [5.41, 5.74) is 4.58. The molecule has 0 heterocycles. The molecule has 0 bridgehead atoms. The Bertz CT molecular complexity index is 2670. The van der Waals surface area contributed by atoms with E-state index in [4.69, 9.17) is 30.0 Å². The Morgan fingerprint density at radius 3 is 0.722 bits per heavy atom. The van der Waals surface area contributed by atoms with Gasteiger partial charge in [0.25, 0.3) is 0 Å². The second-order valence-electron chi connectivity index (χ2n) is 17.8. The highest BCUT2D eigenvalue weighted by Gasteiger charge is 2.19. The van der Waals surface area contributed by atoms with Crippen LogP contribution in [0.15, 0.2) is 212 Å². The number of hydrogen-bond donors (Lipinski definition) is 3. The van der Waals surface area contributed by atoms with Gasteiger partial charge in [-0.1, -0.05) is 182 Å². The van der Waals surface area contributed by atoms with Gasteiger partial charge >= 0.3 is 18.1 Å². The summed E-state index contributed by atoms with van der Waals surface area (Å²) in [5.74, 6) is 2.52. The van der Waals surface area contributed by atoms with Crippen molar-refractivity contribution in [1.29, 1.82) is 0 Å². The zero-order chi connectivity index (χ0) is 56.0. The number of urea groups is 3. The second kappa shape index (κ2) is 32.6. The number of nitrogens with one attached hydrogen (secondary N) is 3. The molecule has 0 fully saturated rings. The van der Waals surface area contributed by atoms with Crippen molar-refractivity contribution in [3.8, 4) is 0 Å². The van der Waals surface area contributed by atoms with Gasteiger partial charge in [0.2, 0.25) is 0 Å². The molecule has 0 radical (unpaired) electrons. The minimum Gasteiger partial charge on any atom is -0.325 e. The number of carbonyl (C=O) groups is 3. The molecule has 0 aliphatic heterocycles. The van der Waals surface area contributed by atoms with Gasteiger partial charge in [0.15, 0.2) is 17.5 Å². The van der Waals surface area contributed by atoms with Crippen LogP contribution in [0.3, 0.4) is 0 Å². The number of rotatable bonds is 21. The van der Waals surface area contributed by atoms with Gasteiger partial charge in [-0.3, -0.25) is 35.8 Å². The molecule has 0 aliphatic rings. The van der Waals surface area contributed by atoms with Crippen molar-refractivity contribution in [2.75, 3.05) is 78.5 Å². The summed E-state index contributed by atoms with van der Waals surface area (Å²) in [5, 5.41) is 9.22. The summed E-state index contributed by atoms with van der Waals surface area (Å²) < 4.78 is 0. The van der Waals surface area contributed by atoms with Gasteiger partial charge in [0.05, 0.1) is 19.6 Å². The van der Waals surface area contributed by atoms with Crippen molar-refractivity contribution in [2.24, 2.45) is 30.0 Å². The zero-order valence-corrected chi connectivity index (χ0v) is 46.5. The normalized spacial score (nSPS) is 12.5. The molecule has 0 saturated carbocycles. The Labute approximate surface area is 466 Å². The minimum absolute atomic E-state index is 0.255. The number of nitrogens with zero attached hydrogens (tertiary/aromatic N) is 10. The van der Waals surface area contributed by atoms with Crippen LogP contribution < -0.4 is 16.0 Å². The Balaban J connectivity index is 1.41. The molecule has 6 aromatic rings. The number of amidine groups is 6. The van der Waals surface area contributed by atoms with Crippen LogP contribution in [-0.2, 0) is 0 Å². The molecule has 0 unspecified atom stereocenters. The molecule has 3 N–H and O–H groups in total. The molecule has 6 aromatic carbocycles. The fourth-order valence-corrected chi connectivity index (χ4v) is 8.24. The maximum atomic E-state index is 13.6. The lowest BCUT2D eigenvalue weighted by Crippen LogP contribution is -2.43. The SMILES string of the molecule is CCN(CC)C(=O)NC(=NC(=NCCN(CCN=C(N=C(NC(=O)N(CC)CC)c1ccccc1)c1ccccc1)CCN=C(N=C(NC(=O)N(CC)CC)c1ccccc1)c1ccccc1)c1ccccc1)c1ccccc1. The number of carbonyl (C=O) groups excluding carboxylic acids is 3. The highest BCUT2D eigenvalue weighted by Crippen LogP contribution is 2.12. The smallest absolute Gasteiger partial charge is 0.323 e. The van der Waals surface area contributed by atoms with Gasteiger partial charge in [-0.2, -0.15) is 0 Å². The first-order valence-corrected chi connectivity index (χ1v) is 27.3. The lowest BCUT2D eigenvalue weighted by Gasteiger charge is -2.21. The number of aliphatic imine (C=N–C) groups is 6. The van der Waals surface area contributed by atoms with E-state index < -0.39 is 0 Å². The van der Waals surface area contributed by atoms with Gasteiger partial charge in [0, 0.05) is 92.3 Å². The topological polar surface area (TPSA) is 174 Å². The van der Waals surface area contributed by atoms with Gasteiger partial charge in [-0.25, -0.2) is 29.4 Å². The third-order valence-electron chi connectivity index (χ3n) is 12.8. The lowest BCUT2D eigenvalue weighted by atomic mass is 10.2. The molecule has 0 aliphatic carbocycles. The van der Waals surface area contributed by atoms with E-state index in [1.165, 1.54) is 0 Å². The Hall–Kier alpha value is -8.89. The van der Waals surface area contributed by atoms with Crippen molar-refractivity contribution in [3.63, 3.8) is 0 Å². The zero-order valence-electron chi connectivity index (χ0n) is 46.5. The number of amides is 6. The van der Waals surface area contributed by atoms with Gasteiger partial charge in [-0.05, 0) is 41.5 Å².